The predicted molar refractivity (Wildman–Crippen MR) is 83.9 cm³/mol. The van der Waals surface area contributed by atoms with Crippen molar-refractivity contribution in [1.29, 1.82) is 0 Å². The van der Waals surface area contributed by atoms with Crippen LogP contribution < -0.4 is 0 Å². The molecule has 2 amide bonds. The first-order chi connectivity index (χ1) is 11.1. The van der Waals surface area contributed by atoms with E-state index in [1.54, 1.807) is 31.2 Å². The van der Waals surface area contributed by atoms with Gasteiger partial charge in [0.1, 0.15) is 0 Å². The monoisotopic (exact) mass is 313 g/mol. The van der Waals surface area contributed by atoms with Gasteiger partial charge in [0.05, 0.1) is 23.1 Å². The minimum absolute atomic E-state index is 0.183. The van der Waals surface area contributed by atoms with Crippen LogP contribution in [0.5, 0.6) is 0 Å². The number of ether oxygens (including phenoxy) is 1. The van der Waals surface area contributed by atoms with Crippen molar-refractivity contribution in [3.05, 3.63) is 47.5 Å². The summed E-state index contributed by atoms with van der Waals surface area (Å²) in [4.78, 5) is 37.5. The molecule has 2 aliphatic rings. The van der Waals surface area contributed by atoms with Gasteiger partial charge in [0.2, 0.25) is 0 Å². The Morgan fingerprint density at radius 2 is 1.83 bits per heavy atom. The predicted octanol–water partition coefficient (Wildman–Crippen LogP) is 2.57. The summed E-state index contributed by atoms with van der Waals surface area (Å²) < 4.78 is 5.07. The van der Waals surface area contributed by atoms with Gasteiger partial charge in [-0.2, -0.15) is 0 Å². The van der Waals surface area contributed by atoms with Gasteiger partial charge < -0.3 is 4.74 Å². The maximum atomic E-state index is 12.2. The number of benzene rings is 1. The fraction of sp³-hybridized carbons (Fsp3) is 0.389. The highest BCUT2D eigenvalue weighted by Crippen LogP contribution is 2.48. The molecule has 120 valence electrons. The van der Waals surface area contributed by atoms with E-state index in [9.17, 15) is 14.4 Å². The molecule has 0 saturated heterocycles. The third-order valence-corrected chi connectivity index (χ3v) is 4.31. The Bertz CT molecular complexity index is 653. The molecule has 23 heavy (non-hydrogen) atoms. The Kier molecular flexibility index (Phi) is 4.03. The Morgan fingerprint density at radius 3 is 2.35 bits per heavy atom. The van der Waals surface area contributed by atoms with Crippen LogP contribution in [0.3, 0.4) is 0 Å². The van der Waals surface area contributed by atoms with Crippen molar-refractivity contribution in [2.75, 3.05) is 13.2 Å². The summed E-state index contributed by atoms with van der Waals surface area (Å²) >= 11 is 0. The van der Waals surface area contributed by atoms with Gasteiger partial charge in [-0.15, -0.1) is 0 Å². The van der Waals surface area contributed by atoms with Crippen LogP contribution in [0.25, 0.3) is 0 Å². The molecule has 1 saturated carbocycles. The average Bonchev–Trinajstić information content (AvgIpc) is 3.31. The SMILES string of the molecule is CCOC(=O)C1(/C=C\CCN2C(=O)c3ccccc3C2=O)CC1. The molecule has 3 rings (SSSR count). The first-order valence-corrected chi connectivity index (χ1v) is 7.89. The van der Waals surface area contributed by atoms with Crippen LogP contribution in [0.4, 0.5) is 0 Å². The van der Waals surface area contributed by atoms with Gasteiger partial charge in [-0.3, -0.25) is 19.3 Å². The minimum atomic E-state index is -0.474. The fourth-order valence-corrected chi connectivity index (χ4v) is 2.80. The van der Waals surface area contributed by atoms with E-state index in [1.807, 2.05) is 12.2 Å². The average molecular weight is 313 g/mol. The Balaban J connectivity index is 1.58. The second-order valence-corrected chi connectivity index (χ2v) is 5.88. The first kappa shape index (κ1) is 15.5. The van der Waals surface area contributed by atoms with Gasteiger partial charge in [0.25, 0.3) is 11.8 Å². The lowest BCUT2D eigenvalue weighted by Crippen LogP contribution is -2.30. The third-order valence-electron chi connectivity index (χ3n) is 4.31. The van der Waals surface area contributed by atoms with Crippen LogP contribution in [0.1, 0.15) is 46.9 Å². The molecule has 0 bridgehead atoms. The molecule has 0 aromatic heterocycles. The van der Waals surface area contributed by atoms with E-state index in [0.29, 0.717) is 30.7 Å². The van der Waals surface area contributed by atoms with Gasteiger partial charge in [0, 0.05) is 6.54 Å². The van der Waals surface area contributed by atoms with Crippen molar-refractivity contribution < 1.29 is 19.1 Å². The highest BCUT2D eigenvalue weighted by Gasteiger charge is 2.48. The Labute approximate surface area is 134 Å². The molecular formula is C18H19NO4. The van der Waals surface area contributed by atoms with Gasteiger partial charge >= 0.3 is 5.97 Å². The summed E-state index contributed by atoms with van der Waals surface area (Å²) in [6, 6.07) is 6.85. The Morgan fingerprint density at radius 1 is 1.22 bits per heavy atom. The van der Waals surface area contributed by atoms with E-state index in [4.69, 9.17) is 4.74 Å². The molecule has 1 heterocycles. The lowest BCUT2D eigenvalue weighted by molar-refractivity contribution is -0.147. The number of hydrogen-bond acceptors (Lipinski definition) is 4. The third kappa shape index (κ3) is 2.79. The lowest BCUT2D eigenvalue weighted by Gasteiger charge is -2.12. The molecule has 5 heteroatoms. The van der Waals surface area contributed by atoms with Crippen molar-refractivity contribution in [3.8, 4) is 0 Å². The highest BCUT2D eigenvalue weighted by atomic mass is 16.5. The Hall–Kier alpha value is -2.43. The molecule has 0 unspecified atom stereocenters. The number of carbonyl (C=O) groups excluding carboxylic acids is 3. The molecule has 1 aliphatic heterocycles. The summed E-state index contributed by atoms with van der Waals surface area (Å²) in [5.74, 6) is -0.673. The molecule has 0 radical (unpaired) electrons. The van der Waals surface area contributed by atoms with Crippen LogP contribution in [0.2, 0.25) is 0 Å². The van der Waals surface area contributed by atoms with Crippen LogP contribution in [-0.2, 0) is 9.53 Å². The maximum absolute atomic E-state index is 12.2. The number of rotatable bonds is 6. The van der Waals surface area contributed by atoms with E-state index in [2.05, 4.69) is 0 Å². The van der Waals surface area contributed by atoms with Crippen LogP contribution >= 0.6 is 0 Å². The second-order valence-electron chi connectivity index (χ2n) is 5.88. The van der Waals surface area contributed by atoms with Crippen LogP contribution in [-0.4, -0.2) is 35.8 Å². The van der Waals surface area contributed by atoms with Crippen LogP contribution in [0.15, 0.2) is 36.4 Å². The second kappa shape index (κ2) is 5.99. The van der Waals surface area contributed by atoms with Gasteiger partial charge in [-0.05, 0) is 38.3 Å². The maximum Gasteiger partial charge on any atom is 0.315 e. The number of hydrogen-bond donors (Lipinski definition) is 0. The molecule has 0 atom stereocenters. The van der Waals surface area contributed by atoms with E-state index < -0.39 is 5.41 Å². The summed E-state index contributed by atoms with van der Waals surface area (Å²) in [7, 11) is 0. The van der Waals surface area contributed by atoms with E-state index in [0.717, 1.165) is 12.8 Å². The largest absolute Gasteiger partial charge is 0.465 e. The fourth-order valence-electron chi connectivity index (χ4n) is 2.80. The standard InChI is InChI=1S/C18H19NO4/c1-2-23-17(22)18(10-11-18)9-5-6-12-19-15(20)13-7-3-4-8-14(13)16(19)21/h3-5,7-9H,2,6,10-12H2,1H3/b9-5-. The molecule has 1 fully saturated rings. The van der Waals surface area contributed by atoms with Gasteiger partial charge in [0.15, 0.2) is 0 Å². The van der Waals surface area contributed by atoms with Crippen molar-refractivity contribution in [1.82, 2.24) is 4.90 Å². The van der Waals surface area contributed by atoms with E-state index in [1.165, 1.54) is 4.90 Å². The number of imide groups is 1. The molecule has 0 N–H and O–H groups in total. The smallest absolute Gasteiger partial charge is 0.315 e. The lowest BCUT2D eigenvalue weighted by atomic mass is 10.1. The van der Waals surface area contributed by atoms with Crippen molar-refractivity contribution >= 4 is 17.8 Å². The van der Waals surface area contributed by atoms with Crippen molar-refractivity contribution in [3.63, 3.8) is 0 Å². The minimum Gasteiger partial charge on any atom is -0.465 e. The molecule has 5 nitrogen and oxygen atoms in total. The summed E-state index contributed by atoms with van der Waals surface area (Å²) in [6.07, 6.45) is 5.87. The zero-order valence-corrected chi connectivity index (χ0v) is 13.1. The first-order valence-electron chi connectivity index (χ1n) is 7.89. The molecule has 1 aliphatic carbocycles. The highest BCUT2D eigenvalue weighted by molar-refractivity contribution is 6.21. The number of fused-ring (bicyclic) bond motifs is 1. The van der Waals surface area contributed by atoms with E-state index in [-0.39, 0.29) is 17.8 Å². The molecule has 0 spiro atoms. The van der Waals surface area contributed by atoms with E-state index >= 15 is 0 Å². The number of esters is 1. The number of carbonyl (C=O) groups is 3. The number of amides is 2. The zero-order valence-electron chi connectivity index (χ0n) is 13.1. The molecular weight excluding hydrogens is 294 g/mol. The molecule has 1 aromatic carbocycles. The summed E-state index contributed by atoms with van der Waals surface area (Å²) in [5, 5.41) is 0. The number of nitrogens with zero attached hydrogens (tertiary/aromatic N) is 1. The topological polar surface area (TPSA) is 63.7 Å². The van der Waals surface area contributed by atoms with Gasteiger partial charge in [-0.1, -0.05) is 24.3 Å². The summed E-state index contributed by atoms with van der Waals surface area (Å²) in [5.41, 5.74) is 0.455. The van der Waals surface area contributed by atoms with Crippen molar-refractivity contribution in [2.24, 2.45) is 5.41 Å². The summed E-state index contributed by atoms with van der Waals surface area (Å²) in [6.45, 7) is 2.49. The van der Waals surface area contributed by atoms with Gasteiger partial charge in [-0.25, -0.2) is 0 Å². The normalized spacial score (nSPS) is 18.4. The van der Waals surface area contributed by atoms with Crippen LogP contribution in [0, 0.1) is 5.41 Å². The van der Waals surface area contributed by atoms with Crippen molar-refractivity contribution in [2.45, 2.75) is 26.2 Å². The molecule has 1 aromatic rings. The quantitative estimate of drug-likeness (QED) is 0.460. The zero-order chi connectivity index (χ0) is 16.4.